The highest BCUT2D eigenvalue weighted by atomic mass is 15.0. The van der Waals surface area contributed by atoms with Gasteiger partial charge >= 0.3 is 0 Å². The monoisotopic (exact) mass is 211 g/mol. The second kappa shape index (κ2) is 11.3. The van der Waals surface area contributed by atoms with Crippen molar-refractivity contribution in [3.8, 4) is 0 Å². The van der Waals surface area contributed by atoms with Crippen LogP contribution in [-0.2, 0) is 0 Å². The molecular weight excluding hydrogens is 186 g/mol. The maximum atomic E-state index is 6.86. The molecular formula is C12H25N3. The predicted molar refractivity (Wildman–Crippen MR) is 66.0 cm³/mol. The normalized spacial score (nSPS) is 11.7. The van der Waals surface area contributed by atoms with E-state index in [0.717, 1.165) is 18.7 Å². The van der Waals surface area contributed by atoms with Gasteiger partial charge in [-0.05, 0) is 19.3 Å². The first-order chi connectivity index (χ1) is 7.35. The summed E-state index contributed by atoms with van der Waals surface area (Å²) in [6.45, 7) is 5.83. The van der Waals surface area contributed by atoms with Gasteiger partial charge in [-0.3, -0.25) is 4.99 Å². The maximum absolute atomic E-state index is 6.86. The summed E-state index contributed by atoms with van der Waals surface area (Å²) in [6, 6.07) is 0. The van der Waals surface area contributed by atoms with E-state index in [1.165, 1.54) is 38.5 Å². The third-order valence-electron chi connectivity index (χ3n) is 2.43. The number of unbranched alkanes of at least 4 members (excludes halogenated alkanes) is 4. The summed E-state index contributed by atoms with van der Waals surface area (Å²) in [7, 11) is 0. The van der Waals surface area contributed by atoms with Crippen LogP contribution >= 0.6 is 0 Å². The Bertz CT molecular complexity index is 176. The van der Waals surface area contributed by atoms with E-state index in [2.05, 4.69) is 24.0 Å². The van der Waals surface area contributed by atoms with Crippen molar-refractivity contribution in [3.63, 3.8) is 0 Å². The molecule has 1 N–H and O–H groups in total. The van der Waals surface area contributed by atoms with Crippen LogP contribution in [0.2, 0.25) is 0 Å². The van der Waals surface area contributed by atoms with Gasteiger partial charge < -0.3 is 0 Å². The maximum Gasteiger partial charge on any atom is 0.0974 e. The van der Waals surface area contributed by atoms with Crippen molar-refractivity contribution in [2.24, 2.45) is 10.1 Å². The number of rotatable bonds is 10. The van der Waals surface area contributed by atoms with E-state index in [1.54, 1.807) is 0 Å². The van der Waals surface area contributed by atoms with Crippen molar-refractivity contribution in [1.82, 2.24) is 0 Å². The molecule has 3 nitrogen and oxygen atoms in total. The standard InChI is InChI=1S/C12H25N3/c1-3-5-7-8-10-14-12(11-15-13)9-6-4-2/h13H,3-11H2,1-2H3. The molecule has 0 radical (unpaired) electrons. The first kappa shape index (κ1) is 14.3. The van der Waals surface area contributed by atoms with Gasteiger partial charge in [0.2, 0.25) is 0 Å². The summed E-state index contributed by atoms with van der Waals surface area (Å²) in [5, 5.41) is 3.42. The van der Waals surface area contributed by atoms with E-state index in [1.807, 2.05) is 0 Å². The molecule has 0 fully saturated rings. The lowest BCUT2D eigenvalue weighted by Crippen LogP contribution is -2.04. The van der Waals surface area contributed by atoms with E-state index >= 15 is 0 Å². The van der Waals surface area contributed by atoms with Crippen molar-refractivity contribution in [3.05, 3.63) is 0 Å². The summed E-state index contributed by atoms with van der Waals surface area (Å²) < 4.78 is 0. The van der Waals surface area contributed by atoms with Crippen LogP contribution < -0.4 is 0 Å². The summed E-state index contributed by atoms with van der Waals surface area (Å²) in [4.78, 5) is 4.53. The second-order valence-electron chi connectivity index (χ2n) is 3.93. The van der Waals surface area contributed by atoms with Crippen LogP contribution in [0.1, 0.15) is 58.8 Å². The van der Waals surface area contributed by atoms with Crippen molar-refractivity contribution in [2.45, 2.75) is 58.8 Å². The molecule has 15 heavy (non-hydrogen) atoms. The lowest BCUT2D eigenvalue weighted by Gasteiger charge is -2.02. The lowest BCUT2D eigenvalue weighted by atomic mass is 10.1. The third-order valence-corrected chi connectivity index (χ3v) is 2.43. The Labute approximate surface area is 93.9 Å². The fraction of sp³-hybridized carbons (Fsp3) is 0.917. The topological polar surface area (TPSA) is 48.6 Å². The zero-order valence-corrected chi connectivity index (χ0v) is 10.3. The molecule has 0 aliphatic heterocycles. The molecule has 0 saturated carbocycles. The zero-order chi connectivity index (χ0) is 11.4. The quantitative estimate of drug-likeness (QED) is 0.319. The Balaban J connectivity index is 3.67. The molecule has 3 heteroatoms. The molecule has 0 aliphatic carbocycles. The van der Waals surface area contributed by atoms with Gasteiger partial charge in [0.05, 0.1) is 6.54 Å². The lowest BCUT2D eigenvalue weighted by molar-refractivity contribution is 0.673. The molecule has 88 valence electrons. The molecule has 0 atom stereocenters. The highest BCUT2D eigenvalue weighted by molar-refractivity contribution is 5.86. The molecule has 0 aromatic rings. The number of hydrogen-bond donors (Lipinski definition) is 1. The van der Waals surface area contributed by atoms with Crippen molar-refractivity contribution in [1.29, 1.82) is 5.53 Å². The van der Waals surface area contributed by atoms with Crippen LogP contribution in [0.5, 0.6) is 0 Å². The van der Waals surface area contributed by atoms with Crippen molar-refractivity contribution < 1.29 is 0 Å². The average Bonchev–Trinajstić information content (AvgIpc) is 2.25. The van der Waals surface area contributed by atoms with Crippen LogP contribution in [0, 0.1) is 5.53 Å². The fourth-order valence-electron chi connectivity index (χ4n) is 1.46. The van der Waals surface area contributed by atoms with Crippen molar-refractivity contribution in [2.75, 3.05) is 13.1 Å². The zero-order valence-electron chi connectivity index (χ0n) is 10.3. The summed E-state index contributed by atoms with van der Waals surface area (Å²) in [5.41, 5.74) is 7.97. The van der Waals surface area contributed by atoms with Gasteiger partial charge in [0.1, 0.15) is 0 Å². The minimum atomic E-state index is 0.508. The Morgan fingerprint density at radius 1 is 1.00 bits per heavy atom. The molecule has 0 amide bonds. The molecule has 0 heterocycles. The van der Waals surface area contributed by atoms with Gasteiger partial charge in [0, 0.05) is 12.3 Å². The van der Waals surface area contributed by atoms with Gasteiger partial charge in [0.25, 0.3) is 0 Å². The van der Waals surface area contributed by atoms with Crippen LogP contribution in [0.25, 0.3) is 0 Å². The highest BCUT2D eigenvalue weighted by Crippen LogP contribution is 2.02. The highest BCUT2D eigenvalue weighted by Gasteiger charge is 1.97. The minimum Gasteiger partial charge on any atom is -0.292 e. The van der Waals surface area contributed by atoms with Crippen LogP contribution in [-0.4, -0.2) is 18.8 Å². The summed E-state index contributed by atoms with van der Waals surface area (Å²) in [6.07, 6.45) is 8.42. The van der Waals surface area contributed by atoms with E-state index in [0.29, 0.717) is 6.54 Å². The molecule has 0 spiro atoms. The number of hydrogen-bond acceptors (Lipinski definition) is 3. The first-order valence-corrected chi connectivity index (χ1v) is 6.20. The van der Waals surface area contributed by atoms with Crippen LogP contribution in [0.4, 0.5) is 0 Å². The smallest absolute Gasteiger partial charge is 0.0974 e. The number of aliphatic imine (C=N–C) groups is 1. The third kappa shape index (κ3) is 9.57. The Hall–Kier alpha value is -0.730. The van der Waals surface area contributed by atoms with Crippen LogP contribution in [0.15, 0.2) is 10.1 Å². The van der Waals surface area contributed by atoms with E-state index in [9.17, 15) is 0 Å². The number of nitrogens with one attached hydrogen (secondary N) is 1. The molecule has 0 aromatic heterocycles. The molecule has 0 saturated heterocycles. The van der Waals surface area contributed by atoms with Crippen LogP contribution in [0.3, 0.4) is 0 Å². The van der Waals surface area contributed by atoms with Crippen molar-refractivity contribution >= 4 is 5.71 Å². The molecule has 0 aromatic carbocycles. The molecule has 0 aliphatic rings. The van der Waals surface area contributed by atoms with E-state index in [4.69, 9.17) is 5.53 Å². The minimum absolute atomic E-state index is 0.508. The fourth-order valence-corrected chi connectivity index (χ4v) is 1.46. The second-order valence-corrected chi connectivity index (χ2v) is 3.93. The van der Waals surface area contributed by atoms with Gasteiger partial charge in [0.15, 0.2) is 0 Å². The molecule has 0 bridgehead atoms. The largest absolute Gasteiger partial charge is 0.292 e. The molecule has 0 unspecified atom stereocenters. The first-order valence-electron chi connectivity index (χ1n) is 6.20. The molecule has 0 rings (SSSR count). The average molecular weight is 211 g/mol. The number of nitrogens with zero attached hydrogens (tertiary/aromatic N) is 2. The van der Waals surface area contributed by atoms with E-state index < -0.39 is 0 Å². The van der Waals surface area contributed by atoms with Gasteiger partial charge in [-0.2, -0.15) is 5.11 Å². The Morgan fingerprint density at radius 2 is 1.73 bits per heavy atom. The van der Waals surface area contributed by atoms with Gasteiger partial charge in [-0.25, -0.2) is 5.53 Å². The van der Waals surface area contributed by atoms with E-state index in [-0.39, 0.29) is 0 Å². The summed E-state index contributed by atoms with van der Waals surface area (Å²) >= 11 is 0. The SMILES string of the molecule is CCCCCCN=C(CCCC)CN=N. The predicted octanol–water partition coefficient (Wildman–Crippen LogP) is 4.23. The Morgan fingerprint density at radius 3 is 2.33 bits per heavy atom. The Kier molecular flexibility index (Phi) is 10.8. The van der Waals surface area contributed by atoms with Gasteiger partial charge in [-0.1, -0.05) is 39.5 Å². The summed E-state index contributed by atoms with van der Waals surface area (Å²) in [5.74, 6) is 0. The van der Waals surface area contributed by atoms with Gasteiger partial charge in [-0.15, -0.1) is 0 Å².